The van der Waals surface area contributed by atoms with Crippen molar-refractivity contribution in [3.05, 3.63) is 112 Å². The third-order valence-electron chi connectivity index (χ3n) is 17.3. The number of amides is 7. The molecule has 0 unspecified atom stereocenters. The normalized spacial score (nSPS) is 24.5. The Morgan fingerprint density at radius 1 is 0.851 bits per heavy atom. The van der Waals surface area contributed by atoms with E-state index in [0.717, 1.165) is 56.7 Å². The van der Waals surface area contributed by atoms with Crippen LogP contribution in [-0.2, 0) is 62.6 Å². The number of carbonyl (C=O) groups is 8. The standard InChI is InChI=1S/C63H65N15O18S5/c1-25(79)42-54(85)74-43(26(2)91-7)57-70-36(24-100-57)53(84)75-46-48-49(96-40-14-63(4,89)50(76(5)6)27(3)95-40)61(87)93-17-28-9-8-10-37-41(28)31(18-92-48)47(78(37)90)60(86)94-19-32(67-51(82)34-23-101-59(46)71-34)56-68-33(21-99-56)44-30(55-69-35(22-98-55)52(83)73-42)13-38(80)45(72-44)58-66-29(20-97-58)15-65-39(81)16-77-12-11-64-62(77)88/h8-10,13,20-25,27,32,40,42,46,48-50,79-80,89-90H,11-12,14-19H2,1-7H3,(H,64,88)(H,65,81)(H,67,82)(H,73,83)(H,74,85)(H,75,84)/t25-,27+,32+,40+,42+,46+,48+,49+,50-,63+/m1/s1. The zero-order valence-electron chi connectivity index (χ0n) is 54.6. The number of benzene rings is 1. The number of fused-ring (bicyclic) bond motifs is 15. The molecular formula is C63H65N15O18S5. The van der Waals surface area contributed by atoms with Crippen LogP contribution in [-0.4, -0.2) is 208 Å². The number of allylic oxidation sites excluding steroid dienone is 1. The molecule has 8 aromatic rings. The molecule has 2 saturated heterocycles. The number of nitrogens with zero attached hydrogens (tertiary/aromatic N) is 9. The van der Waals surface area contributed by atoms with Crippen LogP contribution in [0.2, 0.25) is 0 Å². The molecule has 5 aliphatic rings. The van der Waals surface area contributed by atoms with Crippen LogP contribution in [0.25, 0.3) is 49.3 Å². The summed E-state index contributed by atoms with van der Waals surface area (Å²) in [4.78, 5) is 146. The van der Waals surface area contributed by atoms with Crippen molar-refractivity contribution >= 4 is 121 Å². The minimum atomic E-state index is -1.91. The molecule has 5 aliphatic heterocycles. The number of rotatable bonds is 10. The quantitative estimate of drug-likeness (QED) is 0.0528. The Balaban J connectivity index is 0.959. The SMILES string of the molecule is COC(C)=C1NC(=O)[C@H]([C@@H](C)O)NC(=O)c2csc(n2)-c2cc(O)c(-c3nc(CNC(=O)CN4CCNC4=O)cs3)nc2-c2csc(n2)[C@@H]2COC(=O)c3c4c5c(cccc5n3O)COC(=O)[C@@H](O[C@H]3C[C@](C)(O)[C@H](N(C)C)[C@H](C)O3)[C@@H](OC4)[C@H](NC(=O)c3csc1n3)c1nc(cs1)C(=O)N2. The number of carbonyl (C=O) groups excluding carboxylic acids is 8. The molecule has 0 aliphatic carbocycles. The Labute approximate surface area is 592 Å². The van der Waals surface area contributed by atoms with Gasteiger partial charge in [-0.2, -0.15) is 4.73 Å². The topological polar surface area (TPSA) is 434 Å². The Bertz CT molecular complexity index is 4650. The number of aliphatic hydroxyl groups is 2. The number of aromatic nitrogens is 7. The van der Waals surface area contributed by atoms with Gasteiger partial charge in [-0.1, -0.05) is 12.1 Å². The molecule has 101 heavy (non-hydrogen) atoms. The molecule has 0 radical (unpaired) electrons. The van der Waals surface area contributed by atoms with E-state index in [1.165, 1.54) is 54.1 Å². The van der Waals surface area contributed by atoms with E-state index in [9.17, 15) is 39.7 Å². The average Bonchev–Trinajstić information content (AvgIpc) is 1.64. The van der Waals surface area contributed by atoms with E-state index >= 15 is 19.2 Å². The summed E-state index contributed by atoms with van der Waals surface area (Å²) in [6.07, 6.45) is -7.51. The molecule has 10 atom stereocenters. The Morgan fingerprint density at radius 3 is 2.28 bits per heavy atom. The minimum Gasteiger partial charge on any atom is -0.506 e. The van der Waals surface area contributed by atoms with Crippen LogP contribution in [0.5, 0.6) is 5.75 Å². The maximum absolute atomic E-state index is 15.2. The van der Waals surface area contributed by atoms with Crippen molar-refractivity contribution in [2.75, 3.05) is 47.4 Å². The average molecular weight is 1480 g/mol. The first-order valence-electron chi connectivity index (χ1n) is 31.3. The minimum absolute atomic E-state index is 0.00804. The number of cyclic esters (lactones) is 2. The second-order valence-electron chi connectivity index (χ2n) is 24.6. The van der Waals surface area contributed by atoms with Gasteiger partial charge in [-0.05, 0) is 59.5 Å². The first-order chi connectivity index (χ1) is 48.3. The Morgan fingerprint density at radius 2 is 1.54 bits per heavy atom. The van der Waals surface area contributed by atoms with Crippen molar-refractivity contribution in [3.8, 4) is 38.4 Å². The van der Waals surface area contributed by atoms with Crippen molar-refractivity contribution in [2.24, 2.45) is 0 Å². The number of esters is 2. The molecule has 10 N–H and O–H groups in total. The van der Waals surface area contributed by atoms with Gasteiger partial charge in [0.05, 0.1) is 55.3 Å². The lowest BCUT2D eigenvalue weighted by Gasteiger charge is -2.48. The van der Waals surface area contributed by atoms with Crippen molar-refractivity contribution in [1.29, 1.82) is 0 Å². The predicted molar refractivity (Wildman–Crippen MR) is 361 cm³/mol. The number of urea groups is 1. The van der Waals surface area contributed by atoms with Gasteiger partial charge in [0, 0.05) is 62.9 Å². The largest absolute Gasteiger partial charge is 0.506 e. The van der Waals surface area contributed by atoms with Gasteiger partial charge in [-0.25, -0.2) is 44.3 Å². The van der Waals surface area contributed by atoms with Gasteiger partial charge >= 0.3 is 18.0 Å². The number of methoxy groups -OCH3 is 1. The summed E-state index contributed by atoms with van der Waals surface area (Å²) in [5.74, 6) is -6.64. The number of hydrogen-bond donors (Lipinski definition) is 10. The summed E-state index contributed by atoms with van der Waals surface area (Å²) in [5, 5.41) is 71.5. The molecule has 0 saturated carbocycles. The van der Waals surface area contributed by atoms with Crippen LogP contribution in [0.4, 0.5) is 4.79 Å². The highest BCUT2D eigenvalue weighted by Gasteiger charge is 2.50. The fourth-order valence-electron chi connectivity index (χ4n) is 12.6. The lowest BCUT2D eigenvalue weighted by molar-refractivity contribution is -0.280. The number of hydrogen-bond acceptors (Lipinski definition) is 30. The van der Waals surface area contributed by atoms with Crippen LogP contribution in [0.1, 0.15) is 120 Å². The van der Waals surface area contributed by atoms with Crippen LogP contribution in [0.15, 0.2) is 56.9 Å². The van der Waals surface area contributed by atoms with Crippen LogP contribution < -0.4 is 31.9 Å². The lowest BCUT2D eigenvalue weighted by Crippen LogP contribution is -2.62. The Hall–Kier alpha value is -9.48. The van der Waals surface area contributed by atoms with E-state index in [4.69, 9.17) is 43.4 Å². The van der Waals surface area contributed by atoms with Gasteiger partial charge < -0.3 is 90.6 Å². The second kappa shape index (κ2) is 28.5. The molecule has 13 rings (SSSR count). The van der Waals surface area contributed by atoms with Crippen molar-refractivity contribution in [3.63, 3.8) is 0 Å². The highest BCUT2D eigenvalue weighted by atomic mass is 32.1. The summed E-state index contributed by atoms with van der Waals surface area (Å²) in [6.45, 7) is 4.84. The maximum Gasteiger partial charge on any atom is 0.358 e. The van der Waals surface area contributed by atoms with E-state index in [0.29, 0.717) is 29.1 Å². The van der Waals surface area contributed by atoms with Crippen LogP contribution in [0.3, 0.4) is 0 Å². The molecule has 12 bridgehead atoms. The number of likely N-dealkylation sites (N-methyl/N-ethyl adjacent to an activating group) is 1. The monoisotopic (exact) mass is 1480 g/mol. The van der Waals surface area contributed by atoms with E-state index in [2.05, 4.69) is 46.9 Å². The highest BCUT2D eigenvalue weighted by molar-refractivity contribution is 7.14. The third kappa shape index (κ3) is 14.1. The molecule has 33 nitrogen and oxygen atoms in total. The predicted octanol–water partition coefficient (Wildman–Crippen LogP) is 3.80. The molecular weight excluding hydrogens is 1420 g/mol. The number of pyridine rings is 1. The van der Waals surface area contributed by atoms with E-state index in [1.54, 1.807) is 55.7 Å². The summed E-state index contributed by atoms with van der Waals surface area (Å²) >= 11 is 4.77. The number of thiazole rings is 5. The van der Waals surface area contributed by atoms with Gasteiger partial charge in [-0.15, -0.1) is 56.7 Å². The fourth-order valence-corrected chi connectivity index (χ4v) is 16.8. The first kappa shape index (κ1) is 70.0. The van der Waals surface area contributed by atoms with Crippen molar-refractivity contribution < 1.29 is 87.3 Å². The summed E-state index contributed by atoms with van der Waals surface area (Å²) < 4.78 is 38.3. The number of ether oxygens (including phenoxy) is 6. The molecule has 12 heterocycles. The van der Waals surface area contributed by atoms with E-state index in [1.807, 2.05) is 0 Å². The van der Waals surface area contributed by atoms with Crippen molar-refractivity contribution in [1.82, 2.24) is 76.3 Å². The van der Waals surface area contributed by atoms with Gasteiger partial charge in [-0.3, -0.25) is 24.0 Å². The number of aromatic hydroxyl groups is 1. The van der Waals surface area contributed by atoms with Gasteiger partial charge in [0.1, 0.15) is 120 Å². The maximum atomic E-state index is 15.2. The van der Waals surface area contributed by atoms with Gasteiger partial charge in [0.2, 0.25) is 11.8 Å². The smallest absolute Gasteiger partial charge is 0.358 e. The molecule has 38 heteroatoms. The summed E-state index contributed by atoms with van der Waals surface area (Å²) in [7, 11) is 4.86. The zero-order chi connectivity index (χ0) is 71.5. The second-order valence-corrected chi connectivity index (χ2v) is 28.9. The summed E-state index contributed by atoms with van der Waals surface area (Å²) in [6, 6.07) is 0.440. The first-order valence-corrected chi connectivity index (χ1v) is 35.7. The summed E-state index contributed by atoms with van der Waals surface area (Å²) in [5.41, 5.74) is -1.82. The number of nitrogens with one attached hydrogen (secondary N) is 6. The molecule has 530 valence electrons. The fraction of sp³-hybridized carbons (Fsp3) is 0.397. The zero-order valence-corrected chi connectivity index (χ0v) is 58.7. The molecule has 0 spiro atoms. The molecule has 7 aromatic heterocycles. The molecule has 2 fully saturated rings. The number of aliphatic hydroxyl groups excluding tert-OH is 1. The van der Waals surface area contributed by atoms with Crippen molar-refractivity contribution in [2.45, 2.75) is 114 Å². The molecule has 7 amide bonds. The van der Waals surface area contributed by atoms with Crippen LogP contribution in [0, 0.1) is 0 Å². The van der Waals surface area contributed by atoms with Gasteiger partial charge in [0.25, 0.3) is 17.7 Å². The Kier molecular flexibility index (Phi) is 19.8. The lowest BCUT2D eigenvalue weighted by atomic mass is 9.85. The highest BCUT2D eigenvalue weighted by Crippen LogP contribution is 2.43. The van der Waals surface area contributed by atoms with E-state index in [-0.39, 0.29) is 118 Å². The van der Waals surface area contributed by atoms with Crippen LogP contribution >= 0.6 is 56.7 Å². The van der Waals surface area contributed by atoms with Gasteiger partial charge in [0.15, 0.2) is 18.1 Å². The molecule has 1 aromatic carbocycles. The third-order valence-corrected chi connectivity index (χ3v) is 21.8. The van der Waals surface area contributed by atoms with E-state index < -0.39 is 133 Å².